The number of hydrogen-bond acceptors (Lipinski definition) is 1. The van der Waals surface area contributed by atoms with Crippen LogP contribution < -0.4 is 10.6 Å². The number of aromatic nitrogens is 3. The zero-order chi connectivity index (χ0) is 31.3. The van der Waals surface area contributed by atoms with Gasteiger partial charge in [0.2, 0.25) is 0 Å². The van der Waals surface area contributed by atoms with Crippen molar-refractivity contribution in [3.8, 4) is 0 Å². The van der Waals surface area contributed by atoms with Gasteiger partial charge in [-0.15, -0.1) is 0 Å². The van der Waals surface area contributed by atoms with Crippen molar-refractivity contribution in [3.63, 3.8) is 0 Å². The quantitative estimate of drug-likeness (QED) is 0.179. The number of nitrogens with zero attached hydrogens (tertiary/aromatic N) is 1. The van der Waals surface area contributed by atoms with Crippen LogP contribution in [0.15, 0.2) is 59.7 Å². The van der Waals surface area contributed by atoms with Gasteiger partial charge in [-0.25, -0.2) is 0 Å². The lowest BCUT2D eigenvalue weighted by Crippen LogP contribution is -2.10. The van der Waals surface area contributed by atoms with Gasteiger partial charge in [-0.3, -0.25) is 4.99 Å². The predicted molar refractivity (Wildman–Crippen MR) is 195 cm³/mol. The lowest BCUT2D eigenvalue weighted by molar-refractivity contribution is 0.864. The van der Waals surface area contributed by atoms with Gasteiger partial charge in [-0.1, -0.05) is 104 Å². The number of fused-ring (bicyclic) bond motifs is 12. The Kier molecular flexibility index (Phi) is 6.19. The van der Waals surface area contributed by atoms with E-state index in [9.17, 15) is 0 Å². The van der Waals surface area contributed by atoms with Crippen molar-refractivity contribution in [1.29, 1.82) is 0 Å². The highest BCUT2D eigenvalue weighted by molar-refractivity contribution is 6.26. The van der Waals surface area contributed by atoms with Crippen LogP contribution in [0.2, 0.25) is 0 Å². The zero-order valence-electron chi connectivity index (χ0n) is 27.6. The van der Waals surface area contributed by atoms with E-state index in [0.717, 1.165) is 16.6 Å². The van der Waals surface area contributed by atoms with Crippen LogP contribution in [-0.4, -0.2) is 21.2 Å². The van der Waals surface area contributed by atoms with E-state index in [4.69, 9.17) is 4.99 Å². The van der Waals surface area contributed by atoms with E-state index >= 15 is 0 Å². The Balaban J connectivity index is 1.54. The van der Waals surface area contributed by atoms with Gasteiger partial charge in [0.15, 0.2) is 0 Å². The molecule has 1 aliphatic rings. The van der Waals surface area contributed by atoms with E-state index in [0.29, 0.717) is 23.7 Å². The monoisotopic (exact) mass is 590 g/mol. The van der Waals surface area contributed by atoms with Gasteiger partial charge in [0.25, 0.3) is 0 Å². The van der Waals surface area contributed by atoms with Crippen molar-refractivity contribution in [2.45, 2.75) is 73.1 Å². The first-order valence-electron chi connectivity index (χ1n) is 16.6. The van der Waals surface area contributed by atoms with Gasteiger partial charge in [0, 0.05) is 44.8 Å². The summed E-state index contributed by atoms with van der Waals surface area (Å²) in [4.78, 5) is 16.6. The van der Waals surface area contributed by atoms with Crippen molar-refractivity contribution in [3.05, 3.63) is 87.7 Å². The average Bonchev–Trinajstić information content (AvgIpc) is 3.79. The van der Waals surface area contributed by atoms with Crippen LogP contribution in [0.1, 0.15) is 95.5 Å². The molecule has 0 spiro atoms. The summed E-state index contributed by atoms with van der Waals surface area (Å²) in [7, 11) is 0. The summed E-state index contributed by atoms with van der Waals surface area (Å²) in [5.74, 6) is 1.48. The molecule has 8 rings (SSSR count). The lowest BCUT2D eigenvalue weighted by atomic mass is 9.91. The molecule has 0 fully saturated rings. The maximum absolute atomic E-state index is 5.05. The van der Waals surface area contributed by atoms with E-state index in [-0.39, 0.29) is 0 Å². The Morgan fingerprint density at radius 3 is 1.82 bits per heavy atom. The molecular weight excluding hydrogens is 548 g/mol. The molecule has 3 N–H and O–H groups in total. The van der Waals surface area contributed by atoms with Crippen LogP contribution in [0.4, 0.5) is 5.69 Å². The lowest BCUT2D eigenvalue weighted by Gasteiger charge is -2.11. The van der Waals surface area contributed by atoms with Gasteiger partial charge in [0.1, 0.15) is 0 Å². The number of hydrogen-bond donors (Lipinski definition) is 3. The molecular formula is C41H42N4. The first-order chi connectivity index (χ1) is 21.7. The standard InChI is InChI=1S/C41H42N4/c1-20(2)28-18-42-38-34(28)24-13-9-11-15-26(24)36-32(22(5)6)30(44-40(36)38)17-31-33(23(7)8)37-27-16-12-10-14-25(27)35-29(21(3)4)19-43-39(35)41(37)45-31/h9-23,42,44-45H,1-8H3. The summed E-state index contributed by atoms with van der Waals surface area (Å²) in [5, 5.41) is 11.6. The Labute approximate surface area is 264 Å². The van der Waals surface area contributed by atoms with E-state index in [1.807, 2.05) is 0 Å². The van der Waals surface area contributed by atoms with Crippen LogP contribution in [0.5, 0.6) is 0 Å². The molecule has 0 unspecified atom stereocenters. The maximum atomic E-state index is 5.05. The molecule has 0 radical (unpaired) electrons. The molecule has 4 nitrogen and oxygen atoms in total. The van der Waals surface area contributed by atoms with Gasteiger partial charge in [-0.2, -0.15) is 0 Å². The van der Waals surface area contributed by atoms with Gasteiger partial charge in [-0.05, 0) is 73.6 Å². The fourth-order valence-electron chi connectivity index (χ4n) is 8.09. The molecule has 0 amide bonds. The molecule has 0 saturated carbocycles. The van der Waals surface area contributed by atoms with Crippen molar-refractivity contribution >= 4 is 77.8 Å². The van der Waals surface area contributed by atoms with Crippen LogP contribution in [-0.2, 0) is 0 Å². The van der Waals surface area contributed by atoms with E-state index < -0.39 is 0 Å². The number of aliphatic imine (C=N–C) groups is 1. The van der Waals surface area contributed by atoms with Gasteiger partial charge in [0.05, 0.1) is 22.2 Å². The summed E-state index contributed by atoms with van der Waals surface area (Å²) in [6.45, 7) is 18.4. The first-order valence-corrected chi connectivity index (χ1v) is 16.6. The molecule has 0 atom stereocenters. The molecule has 3 aromatic heterocycles. The molecule has 0 aliphatic carbocycles. The summed E-state index contributed by atoms with van der Waals surface area (Å²) in [6, 6.07) is 17.8. The SMILES string of the molecule is CC(C)C1=c2c(c3[nH]c(=Cc4[nH]c5c6[nH]cc(C(C)C)c6c6ccccc6c5c4C(C)C)c(C(C)C)c3c3ccccc23)N=C1. The third-order valence-electron chi connectivity index (χ3n) is 10.0. The van der Waals surface area contributed by atoms with Crippen LogP contribution >= 0.6 is 0 Å². The number of aromatic amines is 3. The highest BCUT2D eigenvalue weighted by atomic mass is 14.8. The van der Waals surface area contributed by atoms with Crippen molar-refractivity contribution in [2.24, 2.45) is 10.9 Å². The second-order valence-corrected chi connectivity index (χ2v) is 14.2. The second kappa shape index (κ2) is 9.97. The van der Waals surface area contributed by atoms with E-state index in [2.05, 4.69) is 137 Å². The molecule has 4 heteroatoms. The van der Waals surface area contributed by atoms with Crippen molar-refractivity contribution < 1.29 is 0 Å². The Hall–Kier alpha value is -4.57. The summed E-state index contributed by atoms with van der Waals surface area (Å²) in [5.41, 5.74) is 11.2. The Morgan fingerprint density at radius 2 is 1.20 bits per heavy atom. The number of nitrogens with one attached hydrogen (secondary N) is 3. The fraction of sp³-hybridized carbons (Fsp3) is 0.293. The fourth-order valence-corrected chi connectivity index (χ4v) is 8.09. The maximum Gasteiger partial charge on any atom is 0.0953 e. The minimum Gasteiger partial charge on any atom is -0.359 e. The molecule has 45 heavy (non-hydrogen) atoms. The third kappa shape index (κ3) is 3.87. The van der Waals surface area contributed by atoms with Crippen LogP contribution in [0.25, 0.3) is 65.9 Å². The summed E-state index contributed by atoms with van der Waals surface area (Å²) < 4.78 is 0. The third-order valence-corrected chi connectivity index (χ3v) is 10.0. The molecule has 4 aromatic carbocycles. The largest absolute Gasteiger partial charge is 0.359 e. The predicted octanol–water partition coefficient (Wildman–Crippen LogP) is 10.2. The molecule has 1 aliphatic heterocycles. The van der Waals surface area contributed by atoms with Crippen LogP contribution in [0, 0.1) is 5.92 Å². The van der Waals surface area contributed by atoms with Gasteiger partial charge < -0.3 is 15.0 Å². The Bertz CT molecular complexity index is 2490. The number of H-pyrrole nitrogens is 3. The number of rotatable bonds is 5. The van der Waals surface area contributed by atoms with Crippen molar-refractivity contribution in [1.82, 2.24) is 15.0 Å². The van der Waals surface area contributed by atoms with Gasteiger partial charge >= 0.3 is 0 Å². The minimum absolute atomic E-state index is 0.321. The molecule has 7 aromatic rings. The number of benzene rings is 4. The van der Waals surface area contributed by atoms with E-state index in [1.165, 1.54) is 81.9 Å². The van der Waals surface area contributed by atoms with E-state index in [1.54, 1.807) is 0 Å². The summed E-state index contributed by atoms with van der Waals surface area (Å²) in [6.07, 6.45) is 6.68. The highest BCUT2D eigenvalue weighted by Gasteiger charge is 2.25. The molecule has 0 bridgehead atoms. The Morgan fingerprint density at radius 1 is 0.600 bits per heavy atom. The molecule has 226 valence electrons. The smallest absolute Gasteiger partial charge is 0.0953 e. The zero-order valence-corrected chi connectivity index (χ0v) is 27.6. The second-order valence-electron chi connectivity index (χ2n) is 14.2. The van der Waals surface area contributed by atoms with Crippen molar-refractivity contribution in [2.75, 3.05) is 0 Å². The first kappa shape index (κ1) is 27.9. The minimum atomic E-state index is 0.321. The normalized spacial score (nSPS) is 14.1. The topological polar surface area (TPSA) is 59.7 Å². The highest BCUT2D eigenvalue weighted by Crippen LogP contribution is 2.43. The molecule has 4 heterocycles. The average molecular weight is 591 g/mol. The van der Waals surface area contributed by atoms with Crippen LogP contribution in [0.3, 0.4) is 0 Å². The molecule has 0 saturated heterocycles. The summed E-state index contributed by atoms with van der Waals surface area (Å²) >= 11 is 0.